The number of rotatable bonds is 7. The van der Waals surface area contributed by atoms with Gasteiger partial charge in [0.25, 0.3) is 0 Å². The summed E-state index contributed by atoms with van der Waals surface area (Å²) in [5, 5.41) is 2.40. The summed E-state index contributed by atoms with van der Waals surface area (Å²) >= 11 is 0. The zero-order valence-corrected chi connectivity index (χ0v) is 14.8. The molecule has 0 spiro atoms. The summed E-state index contributed by atoms with van der Waals surface area (Å²) < 4.78 is 14.5. The van der Waals surface area contributed by atoms with Crippen molar-refractivity contribution in [3.63, 3.8) is 0 Å². The van der Waals surface area contributed by atoms with E-state index in [4.69, 9.17) is 14.2 Å². The zero-order valence-electron chi connectivity index (χ0n) is 14.8. The van der Waals surface area contributed by atoms with Gasteiger partial charge in [-0.1, -0.05) is 0 Å². The molecule has 9 heteroatoms. The van der Waals surface area contributed by atoms with E-state index in [0.29, 0.717) is 4.90 Å². The average Bonchev–Trinajstić information content (AvgIpc) is 2.43. The summed E-state index contributed by atoms with van der Waals surface area (Å²) in [6.45, 7) is 7.91. The van der Waals surface area contributed by atoms with Crippen LogP contribution in [0.1, 0.15) is 41.0 Å². The molecule has 0 aromatic carbocycles. The Labute approximate surface area is 141 Å². The van der Waals surface area contributed by atoms with Crippen LogP contribution < -0.4 is 5.32 Å². The minimum absolute atomic E-state index is 0.0491. The highest BCUT2D eigenvalue weighted by Gasteiger charge is 2.26. The van der Waals surface area contributed by atoms with Crippen LogP contribution in [-0.4, -0.2) is 60.9 Å². The van der Waals surface area contributed by atoms with Crippen molar-refractivity contribution in [3.05, 3.63) is 0 Å². The van der Waals surface area contributed by atoms with Crippen LogP contribution in [-0.2, 0) is 23.8 Å². The second-order valence-corrected chi connectivity index (χ2v) is 5.66. The van der Waals surface area contributed by atoms with Gasteiger partial charge in [-0.15, -0.1) is 0 Å². The van der Waals surface area contributed by atoms with Crippen molar-refractivity contribution in [2.45, 2.75) is 46.6 Å². The lowest BCUT2D eigenvalue weighted by Gasteiger charge is -2.21. The van der Waals surface area contributed by atoms with Gasteiger partial charge in [0.05, 0.1) is 13.2 Å². The third-order valence-corrected chi connectivity index (χ3v) is 2.39. The highest BCUT2D eigenvalue weighted by Crippen LogP contribution is 2.06. The molecule has 24 heavy (non-hydrogen) atoms. The van der Waals surface area contributed by atoms with E-state index in [1.807, 2.05) is 0 Å². The standard InChI is InChI=1S/C15H26N2O7/c1-6-22-12(19)10-17(14(21)23-7-2)11(18)8-9-16-13(20)24-15(3,4)5/h6-10H2,1-5H3,(H,16,20). The quantitative estimate of drug-likeness (QED) is 0.548. The van der Waals surface area contributed by atoms with Gasteiger partial charge in [-0.25, -0.2) is 14.5 Å². The monoisotopic (exact) mass is 346 g/mol. The molecule has 0 unspecified atom stereocenters. The predicted molar refractivity (Wildman–Crippen MR) is 84.2 cm³/mol. The van der Waals surface area contributed by atoms with Crippen LogP contribution in [0, 0.1) is 0 Å². The fourth-order valence-electron chi connectivity index (χ4n) is 1.51. The molecule has 0 fully saturated rings. The van der Waals surface area contributed by atoms with Gasteiger partial charge in [-0.3, -0.25) is 9.59 Å². The molecule has 138 valence electrons. The molecular formula is C15H26N2O7. The summed E-state index contributed by atoms with van der Waals surface area (Å²) in [6.07, 6.45) is -1.81. The molecule has 0 rings (SSSR count). The first-order valence-electron chi connectivity index (χ1n) is 7.70. The van der Waals surface area contributed by atoms with E-state index in [9.17, 15) is 19.2 Å². The highest BCUT2D eigenvalue weighted by atomic mass is 16.6. The lowest BCUT2D eigenvalue weighted by molar-refractivity contribution is -0.147. The van der Waals surface area contributed by atoms with Crippen LogP contribution in [0.4, 0.5) is 9.59 Å². The van der Waals surface area contributed by atoms with Crippen molar-refractivity contribution >= 4 is 24.1 Å². The summed E-state index contributed by atoms with van der Waals surface area (Å²) in [4.78, 5) is 47.5. The van der Waals surface area contributed by atoms with Gasteiger partial charge in [-0.2, -0.15) is 0 Å². The summed E-state index contributed by atoms with van der Waals surface area (Å²) in [5.74, 6) is -1.39. The van der Waals surface area contributed by atoms with E-state index >= 15 is 0 Å². The normalized spacial score (nSPS) is 10.5. The minimum atomic E-state index is -0.937. The molecule has 0 radical (unpaired) electrons. The molecule has 9 nitrogen and oxygen atoms in total. The van der Waals surface area contributed by atoms with E-state index in [1.54, 1.807) is 34.6 Å². The van der Waals surface area contributed by atoms with Gasteiger partial charge in [-0.05, 0) is 34.6 Å². The van der Waals surface area contributed by atoms with Crippen molar-refractivity contribution in [2.75, 3.05) is 26.3 Å². The topological polar surface area (TPSA) is 111 Å². The number of nitrogens with zero attached hydrogens (tertiary/aromatic N) is 1. The molecule has 3 amide bonds. The Morgan fingerprint density at radius 2 is 1.58 bits per heavy atom. The van der Waals surface area contributed by atoms with Crippen molar-refractivity contribution in [1.29, 1.82) is 0 Å². The average molecular weight is 346 g/mol. The number of amides is 3. The van der Waals surface area contributed by atoms with Gasteiger partial charge in [0.1, 0.15) is 12.1 Å². The van der Waals surface area contributed by atoms with E-state index < -0.39 is 36.2 Å². The number of carbonyl (C=O) groups excluding carboxylic acids is 4. The van der Waals surface area contributed by atoms with Gasteiger partial charge < -0.3 is 19.5 Å². The summed E-state index contributed by atoms with van der Waals surface area (Å²) in [7, 11) is 0. The molecule has 0 saturated heterocycles. The Morgan fingerprint density at radius 3 is 2.08 bits per heavy atom. The number of esters is 1. The van der Waals surface area contributed by atoms with E-state index in [0.717, 1.165) is 0 Å². The Bertz CT molecular complexity index is 457. The first kappa shape index (κ1) is 21.7. The smallest absolute Gasteiger partial charge is 0.417 e. The SMILES string of the molecule is CCOC(=O)CN(C(=O)CCNC(=O)OC(C)(C)C)C(=O)OCC. The number of hydrogen-bond donors (Lipinski definition) is 1. The lowest BCUT2D eigenvalue weighted by Crippen LogP contribution is -2.43. The first-order chi connectivity index (χ1) is 11.1. The number of alkyl carbamates (subject to hydrolysis) is 1. The Hall–Kier alpha value is -2.32. The van der Waals surface area contributed by atoms with Crippen LogP contribution in [0.25, 0.3) is 0 Å². The number of hydrogen-bond acceptors (Lipinski definition) is 7. The van der Waals surface area contributed by atoms with Crippen LogP contribution in [0.5, 0.6) is 0 Å². The minimum Gasteiger partial charge on any atom is -0.465 e. The third-order valence-electron chi connectivity index (χ3n) is 2.39. The summed E-state index contributed by atoms with van der Waals surface area (Å²) in [5.41, 5.74) is -0.658. The molecule has 0 aliphatic rings. The molecule has 0 saturated carbocycles. The van der Waals surface area contributed by atoms with Gasteiger partial charge in [0.2, 0.25) is 5.91 Å². The van der Waals surface area contributed by atoms with Crippen molar-refractivity contribution in [1.82, 2.24) is 10.2 Å². The molecule has 0 aromatic heterocycles. The van der Waals surface area contributed by atoms with Gasteiger partial charge in [0, 0.05) is 13.0 Å². The second kappa shape index (κ2) is 10.5. The molecule has 0 atom stereocenters. The van der Waals surface area contributed by atoms with E-state index in [2.05, 4.69) is 5.32 Å². The molecule has 0 heterocycles. The zero-order chi connectivity index (χ0) is 18.8. The number of nitrogens with one attached hydrogen (secondary N) is 1. The van der Waals surface area contributed by atoms with Crippen LogP contribution >= 0.6 is 0 Å². The van der Waals surface area contributed by atoms with Gasteiger partial charge in [0.15, 0.2) is 0 Å². The second-order valence-electron chi connectivity index (χ2n) is 5.66. The maximum absolute atomic E-state index is 12.1. The largest absolute Gasteiger partial charge is 0.465 e. The number of carbonyl (C=O) groups is 4. The van der Waals surface area contributed by atoms with Crippen molar-refractivity contribution < 1.29 is 33.4 Å². The number of ether oxygens (including phenoxy) is 3. The maximum atomic E-state index is 12.1. The maximum Gasteiger partial charge on any atom is 0.417 e. The fourth-order valence-corrected chi connectivity index (χ4v) is 1.51. The van der Waals surface area contributed by atoms with E-state index in [1.165, 1.54) is 0 Å². The molecule has 0 bridgehead atoms. The first-order valence-corrected chi connectivity index (χ1v) is 7.70. The molecule has 0 aromatic rings. The lowest BCUT2D eigenvalue weighted by atomic mass is 10.2. The predicted octanol–water partition coefficient (Wildman–Crippen LogP) is 1.45. The molecule has 0 aliphatic heterocycles. The van der Waals surface area contributed by atoms with Crippen LogP contribution in [0.2, 0.25) is 0 Å². The summed E-state index contributed by atoms with van der Waals surface area (Å²) in [6, 6.07) is 0. The van der Waals surface area contributed by atoms with Crippen LogP contribution in [0.15, 0.2) is 0 Å². The Kier molecular flexibility index (Phi) is 9.44. The molecule has 1 N–H and O–H groups in total. The third kappa shape index (κ3) is 9.65. The molecular weight excluding hydrogens is 320 g/mol. The Balaban J connectivity index is 4.56. The Morgan fingerprint density at radius 1 is 1.00 bits per heavy atom. The van der Waals surface area contributed by atoms with Crippen LogP contribution in [0.3, 0.4) is 0 Å². The highest BCUT2D eigenvalue weighted by molar-refractivity contribution is 5.95. The van der Waals surface area contributed by atoms with Crippen molar-refractivity contribution in [2.24, 2.45) is 0 Å². The number of imide groups is 1. The fraction of sp³-hybridized carbons (Fsp3) is 0.733. The van der Waals surface area contributed by atoms with Gasteiger partial charge >= 0.3 is 18.2 Å². The van der Waals surface area contributed by atoms with Crippen molar-refractivity contribution in [3.8, 4) is 0 Å². The molecule has 0 aliphatic carbocycles. The van der Waals surface area contributed by atoms with E-state index in [-0.39, 0.29) is 26.2 Å².